The summed E-state index contributed by atoms with van der Waals surface area (Å²) in [7, 11) is 0. The Balaban J connectivity index is 2.23. The molecule has 3 rings (SSSR count). The number of rotatable bonds is 2. The van der Waals surface area contributed by atoms with Gasteiger partial charge in [0.1, 0.15) is 11.9 Å². The summed E-state index contributed by atoms with van der Waals surface area (Å²) in [6, 6.07) is 9.08. The first-order valence-corrected chi connectivity index (χ1v) is 5.72. The van der Waals surface area contributed by atoms with Crippen molar-refractivity contribution in [1.29, 1.82) is 0 Å². The molecule has 88 valence electrons. The maximum absolute atomic E-state index is 10.6. The van der Waals surface area contributed by atoms with Crippen molar-refractivity contribution < 1.29 is 4.79 Å². The van der Waals surface area contributed by atoms with Gasteiger partial charge in [-0.3, -0.25) is 4.79 Å². The van der Waals surface area contributed by atoms with Gasteiger partial charge in [-0.05, 0) is 17.7 Å². The number of nitrogens with zero attached hydrogens (tertiary/aromatic N) is 2. The molecule has 18 heavy (non-hydrogen) atoms. The summed E-state index contributed by atoms with van der Waals surface area (Å²) in [5.41, 5.74) is 2.98. The molecule has 0 radical (unpaired) electrons. The van der Waals surface area contributed by atoms with Crippen molar-refractivity contribution in [2.75, 3.05) is 0 Å². The van der Waals surface area contributed by atoms with Gasteiger partial charge in [0.05, 0.1) is 5.69 Å². The lowest BCUT2D eigenvalue weighted by Crippen LogP contribution is -1.90. The lowest BCUT2D eigenvalue weighted by Gasteiger charge is -2.03. The summed E-state index contributed by atoms with van der Waals surface area (Å²) >= 11 is 5.89. The molecule has 0 unspecified atom stereocenters. The van der Waals surface area contributed by atoms with Gasteiger partial charge in [-0.15, -0.1) is 0 Å². The lowest BCUT2D eigenvalue weighted by atomic mass is 10.1. The van der Waals surface area contributed by atoms with Crippen LogP contribution >= 0.6 is 11.6 Å². The van der Waals surface area contributed by atoms with Crippen molar-refractivity contribution in [1.82, 2.24) is 15.0 Å². The van der Waals surface area contributed by atoms with Crippen molar-refractivity contribution in [3.8, 4) is 11.3 Å². The standard InChI is InChI=1S/C13H8ClN3O/c14-13-16-11(10-5-6-15-12(10)17-13)9-3-1-8(7-18)2-4-9/h1-7H,(H,15,16,17). The minimum atomic E-state index is 0.194. The molecule has 1 aromatic carbocycles. The van der Waals surface area contributed by atoms with Crippen LogP contribution in [0.2, 0.25) is 5.28 Å². The molecule has 3 aromatic rings. The minimum absolute atomic E-state index is 0.194. The molecule has 2 aromatic heterocycles. The van der Waals surface area contributed by atoms with E-state index in [1.807, 2.05) is 18.2 Å². The number of hydrogen-bond acceptors (Lipinski definition) is 3. The average Bonchev–Trinajstić information content (AvgIpc) is 2.86. The fourth-order valence-electron chi connectivity index (χ4n) is 1.85. The lowest BCUT2D eigenvalue weighted by molar-refractivity contribution is 0.112. The molecule has 4 nitrogen and oxygen atoms in total. The first-order chi connectivity index (χ1) is 8.78. The highest BCUT2D eigenvalue weighted by atomic mass is 35.5. The van der Waals surface area contributed by atoms with E-state index in [0.29, 0.717) is 11.2 Å². The predicted octanol–water partition coefficient (Wildman–Crippen LogP) is 3.09. The predicted molar refractivity (Wildman–Crippen MR) is 69.7 cm³/mol. The Morgan fingerprint density at radius 2 is 1.89 bits per heavy atom. The zero-order valence-corrected chi connectivity index (χ0v) is 9.98. The summed E-state index contributed by atoms with van der Waals surface area (Å²) in [6.07, 6.45) is 2.60. The van der Waals surface area contributed by atoms with E-state index in [1.165, 1.54) is 0 Å². The molecule has 0 atom stereocenters. The van der Waals surface area contributed by atoms with Gasteiger partial charge in [0.2, 0.25) is 5.28 Å². The summed E-state index contributed by atoms with van der Waals surface area (Å²) in [6.45, 7) is 0. The molecule has 0 bridgehead atoms. The fourth-order valence-corrected chi connectivity index (χ4v) is 2.02. The van der Waals surface area contributed by atoms with Crippen LogP contribution in [0.15, 0.2) is 36.5 Å². The van der Waals surface area contributed by atoms with Crippen LogP contribution in [0.25, 0.3) is 22.3 Å². The molecule has 0 saturated heterocycles. The number of hydrogen-bond donors (Lipinski definition) is 1. The molecule has 0 spiro atoms. The minimum Gasteiger partial charge on any atom is -0.346 e. The number of fused-ring (bicyclic) bond motifs is 1. The van der Waals surface area contributed by atoms with Crippen LogP contribution in [0.1, 0.15) is 10.4 Å². The van der Waals surface area contributed by atoms with Gasteiger partial charge in [-0.2, -0.15) is 4.98 Å². The van der Waals surface area contributed by atoms with Gasteiger partial charge in [0, 0.05) is 22.7 Å². The number of carbonyl (C=O) groups excluding carboxylic acids is 1. The zero-order valence-electron chi connectivity index (χ0n) is 9.22. The van der Waals surface area contributed by atoms with Gasteiger partial charge in [0.15, 0.2) is 0 Å². The van der Waals surface area contributed by atoms with Crippen LogP contribution in [0.5, 0.6) is 0 Å². The highest BCUT2D eigenvalue weighted by Crippen LogP contribution is 2.26. The van der Waals surface area contributed by atoms with E-state index in [1.54, 1.807) is 18.3 Å². The quantitative estimate of drug-likeness (QED) is 0.567. The van der Waals surface area contributed by atoms with Crippen molar-refractivity contribution in [3.05, 3.63) is 47.4 Å². The number of aldehydes is 1. The Morgan fingerprint density at radius 3 is 2.61 bits per heavy atom. The molecular formula is C13H8ClN3O. The fraction of sp³-hybridized carbons (Fsp3) is 0. The van der Waals surface area contributed by atoms with Gasteiger partial charge in [-0.1, -0.05) is 24.3 Å². The van der Waals surface area contributed by atoms with E-state index in [-0.39, 0.29) is 5.28 Å². The largest absolute Gasteiger partial charge is 0.346 e. The number of aromatic nitrogens is 3. The van der Waals surface area contributed by atoms with Crippen molar-refractivity contribution in [2.24, 2.45) is 0 Å². The van der Waals surface area contributed by atoms with Crippen LogP contribution in [0, 0.1) is 0 Å². The maximum atomic E-state index is 10.6. The number of carbonyl (C=O) groups is 1. The average molecular weight is 258 g/mol. The Morgan fingerprint density at radius 1 is 1.11 bits per heavy atom. The Bertz CT molecular complexity index is 719. The molecule has 0 aliphatic carbocycles. The third-order valence-electron chi connectivity index (χ3n) is 2.71. The van der Waals surface area contributed by atoms with Gasteiger partial charge < -0.3 is 4.98 Å². The third kappa shape index (κ3) is 1.76. The SMILES string of the molecule is O=Cc1ccc(-c2nc(Cl)nc3[nH]ccc23)cc1. The monoisotopic (exact) mass is 257 g/mol. The van der Waals surface area contributed by atoms with E-state index in [4.69, 9.17) is 11.6 Å². The van der Waals surface area contributed by atoms with Crippen molar-refractivity contribution in [2.45, 2.75) is 0 Å². The summed E-state index contributed by atoms with van der Waals surface area (Å²) < 4.78 is 0. The smallest absolute Gasteiger partial charge is 0.224 e. The van der Waals surface area contributed by atoms with E-state index in [2.05, 4.69) is 15.0 Å². The molecule has 1 N–H and O–H groups in total. The second-order valence-electron chi connectivity index (χ2n) is 3.82. The first-order valence-electron chi connectivity index (χ1n) is 5.34. The second kappa shape index (κ2) is 4.23. The molecule has 0 aliphatic heterocycles. The van der Waals surface area contributed by atoms with Crippen LogP contribution in [-0.4, -0.2) is 21.2 Å². The number of aromatic amines is 1. The van der Waals surface area contributed by atoms with Crippen LogP contribution in [0.4, 0.5) is 0 Å². The molecule has 0 fully saturated rings. The molecule has 5 heteroatoms. The topological polar surface area (TPSA) is 58.6 Å². The Labute approximate surface area is 108 Å². The third-order valence-corrected chi connectivity index (χ3v) is 2.88. The molecule has 0 amide bonds. The maximum Gasteiger partial charge on any atom is 0.224 e. The molecule has 2 heterocycles. The number of H-pyrrole nitrogens is 1. The number of benzene rings is 1. The van der Waals surface area contributed by atoms with Crippen LogP contribution in [0.3, 0.4) is 0 Å². The molecule has 0 saturated carbocycles. The highest BCUT2D eigenvalue weighted by molar-refractivity contribution is 6.28. The van der Waals surface area contributed by atoms with Crippen LogP contribution < -0.4 is 0 Å². The Hall–Kier alpha value is -2.20. The van der Waals surface area contributed by atoms with E-state index in [0.717, 1.165) is 22.9 Å². The number of halogens is 1. The van der Waals surface area contributed by atoms with E-state index < -0.39 is 0 Å². The first kappa shape index (κ1) is 10.9. The van der Waals surface area contributed by atoms with Gasteiger partial charge >= 0.3 is 0 Å². The normalized spacial score (nSPS) is 10.7. The zero-order chi connectivity index (χ0) is 12.5. The number of nitrogens with one attached hydrogen (secondary N) is 1. The van der Waals surface area contributed by atoms with Crippen molar-refractivity contribution in [3.63, 3.8) is 0 Å². The highest BCUT2D eigenvalue weighted by Gasteiger charge is 2.09. The van der Waals surface area contributed by atoms with Gasteiger partial charge in [0.25, 0.3) is 0 Å². The summed E-state index contributed by atoms with van der Waals surface area (Å²) in [4.78, 5) is 22.0. The van der Waals surface area contributed by atoms with Gasteiger partial charge in [-0.25, -0.2) is 4.98 Å². The van der Waals surface area contributed by atoms with Crippen LogP contribution in [-0.2, 0) is 0 Å². The summed E-state index contributed by atoms with van der Waals surface area (Å²) in [5, 5.41) is 1.10. The van der Waals surface area contributed by atoms with Crippen molar-refractivity contribution >= 4 is 28.9 Å². The molecular weight excluding hydrogens is 250 g/mol. The van der Waals surface area contributed by atoms with E-state index in [9.17, 15) is 4.79 Å². The molecule has 0 aliphatic rings. The Kier molecular flexibility index (Phi) is 2.57. The van der Waals surface area contributed by atoms with E-state index >= 15 is 0 Å². The summed E-state index contributed by atoms with van der Waals surface area (Å²) in [5.74, 6) is 0. The second-order valence-corrected chi connectivity index (χ2v) is 4.16.